The van der Waals surface area contributed by atoms with Crippen molar-refractivity contribution in [3.05, 3.63) is 35.9 Å². The van der Waals surface area contributed by atoms with Gasteiger partial charge >= 0.3 is 0 Å². The minimum Gasteiger partial charge on any atom is -0.381 e. The number of rotatable bonds is 3. The fourth-order valence-electron chi connectivity index (χ4n) is 2.57. The summed E-state index contributed by atoms with van der Waals surface area (Å²) < 4.78 is 0. The molecule has 1 aromatic rings. The molecule has 1 aliphatic carbocycles. The van der Waals surface area contributed by atoms with E-state index in [-0.39, 0.29) is 11.7 Å². The number of hydrogen-bond donors (Lipinski definition) is 1. The number of aliphatic hydroxyl groups excluding tert-OH is 1. The van der Waals surface area contributed by atoms with Crippen LogP contribution < -0.4 is 0 Å². The molecule has 1 aromatic carbocycles. The predicted octanol–water partition coefficient (Wildman–Crippen LogP) is 3.12. The van der Waals surface area contributed by atoms with E-state index in [9.17, 15) is 9.90 Å². The third kappa shape index (κ3) is 2.95. The van der Waals surface area contributed by atoms with Crippen LogP contribution in [0.1, 0.15) is 44.3 Å². The second-order valence-electron chi connectivity index (χ2n) is 5.17. The van der Waals surface area contributed by atoms with E-state index in [1.54, 1.807) is 0 Å². The van der Waals surface area contributed by atoms with Gasteiger partial charge in [0.25, 0.3) is 0 Å². The van der Waals surface area contributed by atoms with Crippen molar-refractivity contribution in [2.24, 2.45) is 11.8 Å². The summed E-state index contributed by atoms with van der Waals surface area (Å²) in [5.74, 6) is 0.789. The lowest BCUT2D eigenvalue weighted by atomic mass is 9.79. The van der Waals surface area contributed by atoms with Crippen LogP contribution in [0, 0.1) is 11.8 Å². The molecule has 0 aromatic heterocycles. The minimum absolute atomic E-state index is 0.00287. The van der Waals surface area contributed by atoms with Crippen LogP contribution in [0.4, 0.5) is 0 Å². The lowest BCUT2D eigenvalue weighted by Gasteiger charge is -2.26. The first-order valence-electron chi connectivity index (χ1n) is 6.45. The number of hydrogen-bond acceptors (Lipinski definition) is 2. The number of carbonyl (C=O) groups is 1. The van der Waals surface area contributed by atoms with Crippen molar-refractivity contribution in [1.29, 1.82) is 0 Å². The zero-order chi connectivity index (χ0) is 12.3. The van der Waals surface area contributed by atoms with Crippen molar-refractivity contribution in [2.75, 3.05) is 0 Å². The zero-order valence-electron chi connectivity index (χ0n) is 10.3. The molecule has 1 N–H and O–H groups in total. The maximum absolute atomic E-state index is 12.2. The third-order valence-electron chi connectivity index (χ3n) is 3.80. The van der Waals surface area contributed by atoms with E-state index in [1.165, 1.54) is 0 Å². The molecule has 0 saturated heterocycles. The number of carbonyl (C=O) groups excluding carboxylic acids is 1. The van der Waals surface area contributed by atoms with Gasteiger partial charge in [0.15, 0.2) is 5.78 Å². The van der Waals surface area contributed by atoms with Crippen molar-refractivity contribution < 1.29 is 9.90 Å². The SMILES string of the molecule is CC1CCC(C(=O)C(O)c2ccccc2)CC1. The van der Waals surface area contributed by atoms with Gasteiger partial charge in [-0.25, -0.2) is 0 Å². The number of benzene rings is 1. The van der Waals surface area contributed by atoms with Crippen molar-refractivity contribution in [2.45, 2.75) is 38.7 Å². The molecule has 0 heterocycles. The molecule has 2 rings (SSSR count). The summed E-state index contributed by atoms with van der Waals surface area (Å²) in [4.78, 5) is 12.2. The van der Waals surface area contributed by atoms with Gasteiger partial charge in [-0.1, -0.05) is 50.1 Å². The molecular weight excluding hydrogens is 212 g/mol. The van der Waals surface area contributed by atoms with Crippen LogP contribution in [0.2, 0.25) is 0 Å². The average Bonchev–Trinajstić information content (AvgIpc) is 2.39. The number of aliphatic hydroxyl groups is 1. The van der Waals surface area contributed by atoms with E-state index in [1.807, 2.05) is 30.3 Å². The summed E-state index contributed by atoms with van der Waals surface area (Å²) in [6.45, 7) is 2.23. The maximum atomic E-state index is 12.2. The van der Waals surface area contributed by atoms with Crippen molar-refractivity contribution >= 4 is 5.78 Å². The summed E-state index contributed by atoms with van der Waals surface area (Å²) in [5, 5.41) is 10.1. The normalized spacial score (nSPS) is 26.5. The molecular formula is C15H20O2. The Morgan fingerprint density at radius 3 is 2.35 bits per heavy atom. The fraction of sp³-hybridized carbons (Fsp3) is 0.533. The van der Waals surface area contributed by atoms with Crippen molar-refractivity contribution in [3.8, 4) is 0 Å². The van der Waals surface area contributed by atoms with Crippen LogP contribution in [0.25, 0.3) is 0 Å². The molecule has 17 heavy (non-hydrogen) atoms. The highest BCUT2D eigenvalue weighted by molar-refractivity contribution is 5.86. The standard InChI is InChI=1S/C15H20O2/c1-11-7-9-13(10-8-11)15(17)14(16)12-5-3-2-4-6-12/h2-6,11,13-14,16H,7-10H2,1H3. The molecule has 2 nitrogen and oxygen atoms in total. The topological polar surface area (TPSA) is 37.3 Å². The number of ketones is 1. The molecule has 0 spiro atoms. The molecule has 0 amide bonds. The summed E-state index contributed by atoms with van der Waals surface area (Å²) in [6.07, 6.45) is 3.15. The summed E-state index contributed by atoms with van der Waals surface area (Å²) >= 11 is 0. The van der Waals surface area contributed by atoms with Crippen LogP contribution in [0.3, 0.4) is 0 Å². The summed E-state index contributed by atoms with van der Waals surface area (Å²) in [5.41, 5.74) is 0.719. The van der Waals surface area contributed by atoms with Crippen LogP contribution in [0.15, 0.2) is 30.3 Å². The van der Waals surface area contributed by atoms with Crippen LogP contribution in [-0.2, 0) is 4.79 Å². The van der Waals surface area contributed by atoms with Gasteiger partial charge in [0.2, 0.25) is 0 Å². The van der Waals surface area contributed by atoms with Gasteiger partial charge < -0.3 is 5.11 Å². The third-order valence-corrected chi connectivity index (χ3v) is 3.80. The Morgan fingerprint density at radius 1 is 1.18 bits per heavy atom. The second kappa shape index (κ2) is 5.46. The average molecular weight is 232 g/mol. The highest BCUT2D eigenvalue weighted by Gasteiger charge is 2.29. The van der Waals surface area contributed by atoms with Crippen LogP contribution >= 0.6 is 0 Å². The first-order valence-corrected chi connectivity index (χ1v) is 6.45. The Balaban J connectivity index is 2.00. The van der Waals surface area contributed by atoms with E-state index < -0.39 is 6.10 Å². The summed E-state index contributed by atoms with van der Waals surface area (Å²) in [7, 11) is 0. The lowest BCUT2D eigenvalue weighted by Crippen LogP contribution is -2.25. The molecule has 1 fully saturated rings. The highest BCUT2D eigenvalue weighted by Crippen LogP contribution is 2.32. The Hall–Kier alpha value is -1.15. The first-order chi connectivity index (χ1) is 8.18. The molecule has 0 radical (unpaired) electrons. The Morgan fingerprint density at radius 2 is 1.76 bits per heavy atom. The van der Waals surface area contributed by atoms with Crippen LogP contribution in [0.5, 0.6) is 0 Å². The quantitative estimate of drug-likeness (QED) is 0.869. The lowest BCUT2D eigenvalue weighted by molar-refractivity contribution is -0.132. The van der Waals surface area contributed by atoms with Crippen molar-refractivity contribution in [1.82, 2.24) is 0 Å². The largest absolute Gasteiger partial charge is 0.381 e. The van der Waals surface area contributed by atoms with E-state index >= 15 is 0 Å². The number of Topliss-reactive ketones (excluding diaryl/α,β-unsaturated/α-hetero) is 1. The van der Waals surface area contributed by atoms with E-state index in [0.29, 0.717) is 0 Å². The van der Waals surface area contributed by atoms with Gasteiger partial charge in [-0.15, -0.1) is 0 Å². The first kappa shape index (κ1) is 12.3. The van der Waals surface area contributed by atoms with Crippen molar-refractivity contribution in [3.63, 3.8) is 0 Å². The molecule has 92 valence electrons. The fourth-order valence-corrected chi connectivity index (χ4v) is 2.57. The van der Waals surface area contributed by atoms with Gasteiger partial charge in [-0.05, 0) is 24.3 Å². The van der Waals surface area contributed by atoms with E-state index in [2.05, 4.69) is 6.92 Å². The minimum atomic E-state index is -0.936. The second-order valence-corrected chi connectivity index (χ2v) is 5.17. The van der Waals surface area contributed by atoms with E-state index in [4.69, 9.17) is 0 Å². The molecule has 0 bridgehead atoms. The molecule has 1 aliphatic rings. The maximum Gasteiger partial charge on any atom is 0.168 e. The molecule has 1 unspecified atom stereocenters. The monoisotopic (exact) mass is 232 g/mol. The Labute approximate surface area is 103 Å². The summed E-state index contributed by atoms with van der Waals surface area (Å²) in [6, 6.07) is 9.23. The molecule has 1 saturated carbocycles. The Bertz CT molecular complexity index is 364. The van der Waals surface area contributed by atoms with Crippen LogP contribution in [-0.4, -0.2) is 10.9 Å². The van der Waals surface area contributed by atoms with Gasteiger partial charge in [-0.2, -0.15) is 0 Å². The van der Waals surface area contributed by atoms with E-state index in [0.717, 1.165) is 37.2 Å². The van der Waals surface area contributed by atoms with Gasteiger partial charge in [0.1, 0.15) is 6.10 Å². The van der Waals surface area contributed by atoms with Gasteiger partial charge in [0, 0.05) is 5.92 Å². The van der Waals surface area contributed by atoms with Gasteiger partial charge in [-0.3, -0.25) is 4.79 Å². The highest BCUT2D eigenvalue weighted by atomic mass is 16.3. The van der Waals surface area contributed by atoms with Gasteiger partial charge in [0.05, 0.1) is 0 Å². The molecule has 0 aliphatic heterocycles. The predicted molar refractivity (Wildman–Crippen MR) is 67.5 cm³/mol. The molecule has 2 heteroatoms. The smallest absolute Gasteiger partial charge is 0.168 e. The zero-order valence-corrected chi connectivity index (χ0v) is 10.3. The molecule has 1 atom stereocenters. The Kier molecular flexibility index (Phi) is 3.95.